The Bertz CT molecular complexity index is 1450. The number of amides is 1. The van der Waals surface area contributed by atoms with Crippen LogP contribution in [0.15, 0.2) is 54.6 Å². The van der Waals surface area contributed by atoms with Crippen molar-refractivity contribution in [3.05, 3.63) is 80.9 Å². The molecule has 3 aromatic carbocycles. The van der Waals surface area contributed by atoms with Crippen LogP contribution in [0.3, 0.4) is 0 Å². The van der Waals surface area contributed by atoms with Crippen molar-refractivity contribution in [2.24, 2.45) is 0 Å². The number of ether oxygens (including phenoxy) is 1. The predicted molar refractivity (Wildman–Crippen MR) is 132 cm³/mol. The predicted octanol–water partition coefficient (Wildman–Crippen LogP) is 4.43. The van der Waals surface area contributed by atoms with Crippen molar-refractivity contribution in [1.82, 2.24) is 20.3 Å². The number of hydrogen-bond donors (Lipinski definition) is 2. The first-order valence-corrected chi connectivity index (χ1v) is 10.6. The Labute approximate surface area is 203 Å². The average molecular weight is 497 g/mol. The number of para-hydroxylation sites is 1. The Morgan fingerprint density at radius 3 is 2.53 bits per heavy atom. The molecule has 0 aliphatic carbocycles. The number of nitro benzene ring substituents is 1. The van der Waals surface area contributed by atoms with Gasteiger partial charge >= 0.3 is 0 Å². The molecule has 1 aromatic heterocycles. The summed E-state index contributed by atoms with van der Waals surface area (Å²) in [6.45, 7) is 1.84. The van der Waals surface area contributed by atoms with Crippen LogP contribution >= 0.6 is 23.8 Å². The van der Waals surface area contributed by atoms with Crippen LogP contribution in [0.2, 0.25) is 5.02 Å². The van der Waals surface area contributed by atoms with Crippen LogP contribution in [0.5, 0.6) is 5.75 Å². The molecule has 0 unspecified atom stereocenters. The van der Waals surface area contributed by atoms with E-state index < -0.39 is 10.8 Å². The molecule has 0 fully saturated rings. The van der Waals surface area contributed by atoms with Crippen LogP contribution in [-0.4, -0.2) is 38.0 Å². The van der Waals surface area contributed by atoms with Gasteiger partial charge in [-0.15, -0.1) is 10.2 Å². The van der Waals surface area contributed by atoms with Gasteiger partial charge in [-0.1, -0.05) is 23.7 Å². The fourth-order valence-electron chi connectivity index (χ4n) is 3.25. The smallest absolute Gasteiger partial charge is 0.282 e. The number of nitro groups is 1. The van der Waals surface area contributed by atoms with Crippen LogP contribution in [0, 0.1) is 17.0 Å². The maximum atomic E-state index is 12.5. The zero-order chi connectivity index (χ0) is 24.4. The maximum absolute atomic E-state index is 12.5. The number of methoxy groups -OCH3 is 1. The van der Waals surface area contributed by atoms with Gasteiger partial charge in [-0.3, -0.25) is 20.2 Å². The number of thiocarbonyl (C=S) groups is 1. The summed E-state index contributed by atoms with van der Waals surface area (Å²) in [5, 5.41) is 26.0. The normalized spacial score (nSPS) is 10.7. The molecule has 10 nitrogen and oxygen atoms in total. The molecule has 0 atom stereocenters. The fraction of sp³-hybridized carbons (Fsp3) is 0.0909. The second-order valence-electron chi connectivity index (χ2n) is 7.15. The second-order valence-corrected chi connectivity index (χ2v) is 7.96. The summed E-state index contributed by atoms with van der Waals surface area (Å²) in [5.74, 6) is -0.147. The lowest BCUT2D eigenvalue weighted by atomic mass is 10.1. The summed E-state index contributed by atoms with van der Waals surface area (Å²) in [6, 6.07) is 14.4. The molecule has 0 saturated heterocycles. The first-order chi connectivity index (χ1) is 16.3. The van der Waals surface area contributed by atoms with E-state index in [1.807, 2.05) is 13.0 Å². The third kappa shape index (κ3) is 4.65. The van der Waals surface area contributed by atoms with E-state index in [1.165, 1.54) is 36.2 Å². The van der Waals surface area contributed by atoms with Gasteiger partial charge in [-0.05, 0) is 61.1 Å². The number of benzene rings is 3. The van der Waals surface area contributed by atoms with Crippen molar-refractivity contribution in [3.8, 4) is 11.4 Å². The summed E-state index contributed by atoms with van der Waals surface area (Å²) in [6.07, 6.45) is 0. The fourth-order valence-corrected chi connectivity index (χ4v) is 3.70. The van der Waals surface area contributed by atoms with E-state index in [9.17, 15) is 14.9 Å². The van der Waals surface area contributed by atoms with Crippen molar-refractivity contribution in [2.75, 3.05) is 12.4 Å². The topological polar surface area (TPSA) is 124 Å². The molecule has 0 radical (unpaired) electrons. The summed E-state index contributed by atoms with van der Waals surface area (Å²) in [4.78, 5) is 24.5. The van der Waals surface area contributed by atoms with Crippen molar-refractivity contribution in [2.45, 2.75) is 6.92 Å². The molecule has 12 heteroatoms. The number of carbonyl (C=O) groups is 1. The average Bonchev–Trinajstić information content (AvgIpc) is 3.21. The monoisotopic (exact) mass is 496 g/mol. The first kappa shape index (κ1) is 23.1. The van der Waals surface area contributed by atoms with Crippen LogP contribution in [0.4, 0.5) is 11.4 Å². The number of aromatic nitrogens is 3. The zero-order valence-electron chi connectivity index (χ0n) is 17.9. The molecule has 1 heterocycles. The van der Waals surface area contributed by atoms with Gasteiger partial charge in [0, 0.05) is 11.8 Å². The number of rotatable bonds is 5. The Morgan fingerprint density at radius 1 is 1.15 bits per heavy atom. The van der Waals surface area contributed by atoms with Gasteiger partial charge in [-0.25, -0.2) is 0 Å². The highest BCUT2D eigenvalue weighted by atomic mass is 35.5. The lowest BCUT2D eigenvalue weighted by molar-refractivity contribution is -0.385. The maximum Gasteiger partial charge on any atom is 0.282 e. The van der Waals surface area contributed by atoms with Gasteiger partial charge in [0.2, 0.25) is 0 Å². The van der Waals surface area contributed by atoms with Crippen LogP contribution in [-0.2, 0) is 0 Å². The highest BCUT2D eigenvalue weighted by molar-refractivity contribution is 7.80. The Balaban J connectivity index is 1.55. The molecule has 34 heavy (non-hydrogen) atoms. The quantitative estimate of drug-likeness (QED) is 0.236. The molecule has 0 aliphatic heterocycles. The van der Waals surface area contributed by atoms with E-state index >= 15 is 0 Å². The van der Waals surface area contributed by atoms with Crippen molar-refractivity contribution < 1.29 is 14.5 Å². The van der Waals surface area contributed by atoms with Crippen LogP contribution in [0.1, 0.15) is 15.9 Å². The van der Waals surface area contributed by atoms with Gasteiger partial charge in [0.1, 0.15) is 22.3 Å². The highest BCUT2D eigenvalue weighted by Gasteiger charge is 2.20. The number of halogens is 1. The third-order valence-electron chi connectivity index (χ3n) is 4.91. The minimum atomic E-state index is -0.689. The molecule has 0 spiro atoms. The molecule has 2 N–H and O–H groups in total. The number of aryl methyl sites for hydroxylation is 1. The third-order valence-corrected chi connectivity index (χ3v) is 5.41. The van der Waals surface area contributed by atoms with Crippen molar-refractivity contribution >= 4 is 57.2 Å². The first-order valence-electron chi connectivity index (χ1n) is 9.84. The standard InChI is InChI=1S/C22H17ClN6O4S/c1-12-9-17-18(27-28(26-17)13-7-8-20(33-2)15(23)10-13)11-16(12)24-22(34)25-21(30)14-5-3-4-6-19(14)29(31)32/h3-11H,1-2H3,(H2,24,25,30,34). The van der Waals surface area contributed by atoms with E-state index in [-0.39, 0.29) is 16.4 Å². The van der Waals surface area contributed by atoms with Gasteiger partial charge in [0.15, 0.2) is 5.11 Å². The summed E-state index contributed by atoms with van der Waals surface area (Å²) < 4.78 is 5.17. The number of carbonyl (C=O) groups excluding carboxylic acids is 1. The molecule has 172 valence electrons. The minimum Gasteiger partial charge on any atom is -0.495 e. The molecule has 0 bridgehead atoms. The molecule has 0 aliphatic rings. The molecule has 1 amide bonds. The van der Waals surface area contributed by atoms with Gasteiger partial charge in [-0.2, -0.15) is 4.80 Å². The molecule has 4 aromatic rings. The van der Waals surface area contributed by atoms with Crippen molar-refractivity contribution in [1.29, 1.82) is 0 Å². The van der Waals surface area contributed by atoms with Crippen molar-refractivity contribution in [3.63, 3.8) is 0 Å². The highest BCUT2D eigenvalue weighted by Crippen LogP contribution is 2.27. The summed E-state index contributed by atoms with van der Waals surface area (Å²) >= 11 is 11.5. The van der Waals surface area contributed by atoms with E-state index in [0.29, 0.717) is 33.2 Å². The lowest BCUT2D eigenvalue weighted by Gasteiger charge is -2.11. The summed E-state index contributed by atoms with van der Waals surface area (Å²) in [5.41, 5.74) is 2.87. The summed E-state index contributed by atoms with van der Waals surface area (Å²) in [7, 11) is 1.53. The molecular formula is C22H17ClN6O4S. The number of hydrogen-bond acceptors (Lipinski definition) is 7. The Kier molecular flexibility index (Phi) is 6.39. The van der Waals surface area contributed by atoms with E-state index in [2.05, 4.69) is 20.8 Å². The van der Waals surface area contributed by atoms with Gasteiger partial charge < -0.3 is 10.1 Å². The number of nitrogens with one attached hydrogen (secondary N) is 2. The largest absolute Gasteiger partial charge is 0.495 e. The Hall–Kier alpha value is -4.09. The molecule has 4 rings (SSSR count). The van der Waals surface area contributed by atoms with Crippen LogP contribution in [0.25, 0.3) is 16.7 Å². The minimum absolute atomic E-state index is 0.0140. The number of fused-ring (bicyclic) bond motifs is 1. The van der Waals surface area contributed by atoms with E-state index in [0.717, 1.165) is 5.56 Å². The van der Waals surface area contributed by atoms with Gasteiger partial charge in [0.05, 0.1) is 22.7 Å². The second kappa shape index (κ2) is 9.41. The molecular weight excluding hydrogens is 480 g/mol. The molecule has 0 saturated carbocycles. The van der Waals surface area contributed by atoms with E-state index in [1.54, 1.807) is 24.3 Å². The number of nitrogens with zero attached hydrogens (tertiary/aromatic N) is 4. The SMILES string of the molecule is COc1ccc(-n2nc3cc(C)c(NC(=S)NC(=O)c4ccccc4[N+](=O)[O-])cc3n2)cc1Cl. The number of anilines is 1. The zero-order valence-corrected chi connectivity index (χ0v) is 19.5. The lowest BCUT2D eigenvalue weighted by Crippen LogP contribution is -2.34. The van der Waals surface area contributed by atoms with Crippen LogP contribution < -0.4 is 15.4 Å². The van der Waals surface area contributed by atoms with E-state index in [4.69, 9.17) is 28.6 Å². The Morgan fingerprint density at radius 2 is 1.85 bits per heavy atom. The van der Waals surface area contributed by atoms with Gasteiger partial charge in [0.25, 0.3) is 11.6 Å².